The van der Waals surface area contributed by atoms with Crippen molar-refractivity contribution < 1.29 is 4.42 Å². The Bertz CT molecular complexity index is 2540. The van der Waals surface area contributed by atoms with E-state index in [0.29, 0.717) is 17.5 Å². The summed E-state index contributed by atoms with van der Waals surface area (Å²) in [6.45, 7) is 0. The normalized spacial score (nSPS) is 11.4. The molecule has 0 saturated heterocycles. The van der Waals surface area contributed by atoms with Crippen molar-refractivity contribution in [1.29, 1.82) is 0 Å². The second-order valence-corrected chi connectivity index (χ2v) is 11.7. The van der Waals surface area contributed by atoms with E-state index in [-0.39, 0.29) is 0 Å². The van der Waals surface area contributed by atoms with E-state index in [4.69, 9.17) is 19.4 Å². The van der Waals surface area contributed by atoms with E-state index in [1.54, 1.807) is 0 Å². The van der Waals surface area contributed by atoms with Gasteiger partial charge in [0.25, 0.3) is 0 Å². The molecule has 0 aliphatic heterocycles. The van der Waals surface area contributed by atoms with Crippen LogP contribution < -0.4 is 0 Å². The van der Waals surface area contributed by atoms with Crippen LogP contribution in [0, 0.1) is 0 Å². The molecule has 47 heavy (non-hydrogen) atoms. The summed E-state index contributed by atoms with van der Waals surface area (Å²) in [6, 6.07) is 56.3. The number of hydrogen-bond acceptors (Lipinski definition) is 4. The molecule has 0 fully saturated rings. The molecule has 7 aromatic carbocycles. The van der Waals surface area contributed by atoms with E-state index in [1.165, 1.54) is 10.9 Å². The number of fused-ring (bicyclic) bond motifs is 4. The van der Waals surface area contributed by atoms with Crippen molar-refractivity contribution in [2.24, 2.45) is 0 Å². The molecule has 9 aromatic rings. The third kappa shape index (κ3) is 4.93. The van der Waals surface area contributed by atoms with Crippen LogP contribution in [0.2, 0.25) is 0 Å². The van der Waals surface area contributed by atoms with Gasteiger partial charge in [-0.05, 0) is 57.3 Å². The summed E-state index contributed by atoms with van der Waals surface area (Å²) < 4.78 is 6.60. The molecular weight excluding hydrogens is 574 g/mol. The van der Waals surface area contributed by atoms with Crippen LogP contribution in [-0.2, 0) is 0 Å². The molecule has 0 amide bonds. The van der Waals surface area contributed by atoms with Crippen LogP contribution in [0.3, 0.4) is 0 Å². The molecule has 0 atom stereocenters. The zero-order valence-corrected chi connectivity index (χ0v) is 25.3. The molecule has 0 unspecified atom stereocenters. The fourth-order valence-corrected chi connectivity index (χ4v) is 6.36. The lowest BCUT2D eigenvalue weighted by molar-refractivity contribution is 0.669. The average molecular weight is 602 g/mol. The summed E-state index contributed by atoms with van der Waals surface area (Å²) >= 11 is 0. The predicted octanol–water partition coefficient (Wildman–Crippen LogP) is 11.3. The van der Waals surface area contributed by atoms with Crippen molar-refractivity contribution in [2.75, 3.05) is 0 Å². The lowest BCUT2D eigenvalue weighted by atomic mass is 9.96. The van der Waals surface area contributed by atoms with Crippen LogP contribution >= 0.6 is 0 Å². The first-order valence-electron chi connectivity index (χ1n) is 15.7. The number of furan rings is 1. The first-order chi connectivity index (χ1) is 23.3. The summed E-state index contributed by atoms with van der Waals surface area (Å²) in [7, 11) is 0. The number of aromatic nitrogens is 3. The Morgan fingerprint density at radius 1 is 0.340 bits per heavy atom. The van der Waals surface area contributed by atoms with Crippen molar-refractivity contribution in [2.45, 2.75) is 0 Å². The zero-order valence-electron chi connectivity index (χ0n) is 25.3. The van der Waals surface area contributed by atoms with Gasteiger partial charge in [0.15, 0.2) is 17.5 Å². The highest BCUT2D eigenvalue weighted by Crippen LogP contribution is 2.41. The number of nitrogens with zero attached hydrogens (tertiary/aromatic N) is 3. The summed E-state index contributed by atoms with van der Waals surface area (Å²) in [5, 5.41) is 4.49. The maximum atomic E-state index is 6.60. The van der Waals surface area contributed by atoms with Crippen LogP contribution in [0.5, 0.6) is 0 Å². The van der Waals surface area contributed by atoms with Crippen LogP contribution in [0.15, 0.2) is 168 Å². The van der Waals surface area contributed by atoms with Gasteiger partial charge >= 0.3 is 0 Å². The highest BCUT2D eigenvalue weighted by Gasteiger charge is 2.19. The van der Waals surface area contributed by atoms with Gasteiger partial charge in [-0.3, -0.25) is 0 Å². The van der Waals surface area contributed by atoms with Crippen molar-refractivity contribution in [3.63, 3.8) is 0 Å². The van der Waals surface area contributed by atoms with E-state index >= 15 is 0 Å². The van der Waals surface area contributed by atoms with Crippen molar-refractivity contribution >= 4 is 32.7 Å². The van der Waals surface area contributed by atoms with Crippen molar-refractivity contribution in [1.82, 2.24) is 15.0 Å². The Labute approximate surface area is 271 Å². The molecule has 0 aliphatic rings. The highest BCUT2D eigenvalue weighted by molar-refractivity contribution is 6.16. The largest absolute Gasteiger partial charge is 0.456 e. The molecule has 0 bridgehead atoms. The summed E-state index contributed by atoms with van der Waals surface area (Å²) in [4.78, 5) is 15.1. The molecule has 4 nitrogen and oxygen atoms in total. The van der Waals surface area contributed by atoms with E-state index < -0.39 is 0 Å². The Hall–Kier alpha value is -6.39. The van der Waals surface area contributed by atoms with Gasteiger partial charge in [0.1, 0.15) is 11.2 Å². The Morgan fingerprint density at radius 2 is 0.809 bits per heavy atom. The number of benzene rings is 7. The summed E-state index contributed by atoms with van der Waals surface area (Å²) in [6.07, 6.45) is 0. The molecule has 0 N–H and O–H groups in total. The molecule has 220 valence electrons. The maximum Gasteiger partial charge on any atom is 0.164 e. The fourth-order valence-electron chi connectivity index (χ4n) is 6.36. The first-order valence-corrected chi connectivity index (χ1v) is 15.7. The average Bonchev–Trinajstić information content (AvgIpc) is 3.51. The Kier molecular flexibility index (Phi) is 6.43. The minimum absolute atomic E-state index is 0.589. The monoisotopic (exact) mass is 601 g/mol. The SMILES string of the molecule is c1ccc(-c2ccc(-c3nc(-c4ccccc4)nc(-c4cc(-c5ccccc5)c5c(c4)oc4cc6ccccc6cc45)n3)cc2)cc1. The van der Waals surface area contributed by atoms with E-state index in [9.17, 15) is 0 Å². The van der Waals surface area contributed by atoms with Gasteiger partial charge in [-0.25, -0.2) is 15.0 Å². The van der Waals surface area contributed by atoms with Gasteiger partial charge in [-0.1, -0.05) is 140 Å². The van der Waals surface area contributed by atoms with Gasteiger partial charge in [0.2, 0.25) is 0 Å². The standard InChI is InChI=1S/C43H27N3O/c1-4-12-28(13-5-1)29-20-22-32(23-21-29)42-44-41(31-16-8-3-9-17-31)45-43(46-42)35-25-36(30-14-6-2-7-15-30)40-37-24-33-18-10-11-19-34(33)26-38(37)47-39(40)27-35/h1-27H. The summed E-state index contributed by atoms with van der Waals surface area (Å²) in [5.41, 5.74) is 8.84. The topological polar surface area (TPSA) is 51.8 Å². The Morgan fingerprint density at radius 3 is 1.45 bits per heavy atom. The highest BCUT2D eigenvalue weighted by atomic mass is 16.3. The van der Waals surface area contributed by atoms with Gasteiger partial charge < -0.3 is 4.42 Å². The lowest BCUT2D eigenvalue weighted by Crippen LogP contribution is -2.00. The minimum atomic E-state index is 0.589. The van der Waals surface area contributed by atoms with Gasteiger partial charge in [-0.2, -0.15) is 0 Å². The second kappa shape index (κ2) is 11.2. The first kappa shape index (κ1) is 27.0. The van der Waals surface area contributed by atoms with Crippen LogP contribution in [0.1, 0.15) is 0 Å². The molecule has 0 aliphatic carbocycles. The van der Waals surface area contributed by atoms with Crippen LogP contribution in [-0.4, -0.2) is 15.0 Å². The Balaban J connectivity index is 1.26. The fraction of sp³-hybridized carbons (Fsp3) is 0. The summed E-state index contributed by atoms with van der Waals surface area (Å²) in [5.74, 6) is 1.83. The molecule has 2 aromatic heterocycles. The van der Waals surface area contributed by atoms with Crippen molar-refractivity contribution in [3.05, 3.63) is 164 Å². The van der Waals surface area contributed by atoms with Gasteiger partial charge in [-0.15, -0.1) is 0 Å². The number of rotatable bonds is 5. The van der Waals surface area contributed by atoms with Crippen LogP contribution in [0.25, 0.3) is 89.1 Å². The molecule has 0 radical (unpaired) electrons. The third-order valence-corrected chi connectivity index (χ3v) is 8.70. The lowest BCUT2D eigenvalue weighted by Gasteiger charge is -2.11. The molecule has 4 heteroatoms. The molecule has 9 rings (SSSR count). The molecule has 0 saturated carbocycles. The van der Waals surface area contributed by atoms with Crippen LogP contribution in [0.4, 0.5) is 0 Å². The predicted molar refractivity (Wildman–Crippen MR) is 192 cm³/mol. The minimum Gasteiger partial charge on any atom is -0.456 e. The molecular formula is C43H27N3O. The third-order valence-electron chi connectivity index (χ3n) is 8.70. The van der Waals surface area contributed by atoms with E-state index in [1.807, 2.05) is 42.5 Å². The molecule has 2 heterocycles. The number of hydrogen-bond donors (Lipinski definition) is 0. The van der Waals surface area contributed by atoms with E-state index in [2.05, 4.69) is 121 Å². The second-order valence-electron chi connectivity index (χ2n) is 11.7. The quantitative estimate of drug-likeness (QED) is 0.197. The van der Waals surface area contributed by atoms with Crippen molar-refractivity contribution in [3.8, 4) is 56.4 Å². The van der Waals surface area contributed by atoms with Gasteiger partial charge in [0, 0.05) is 27.5 Å². The van der Waals surface area contributed by atoms with E-state index in [0.717, 1.165) is 60.7 Å². The maximum absolute atomic E-state index is 6.60. The van der Waals surface area contributed by atoms with Gasteiger partial charge in [0.05, 0.1) is 0 Å². The zero-order chi connectivity index (χ0) is 31.2. The smallest absolute Gasteiger partial charge is 0.164 e. The molecule has 0 spiro atoms.